The van der Waals surface area contributed by atoms with Crippen LogP contribution in [0, 0.1) is 6.92 Å². The zero-order valence-corrected chi connectivity index (χ0v) is 11.2. The number of alkyl halides is 3. The predicted molar refractivity (Wildman–Crippen MR) is 68.8 cm³/mol. The fraction of sp³-hybridized carbons (Fsp3) is 0.538. The molecule has 5 heteroatoms. The third kappa shape index (κ3) is 4.21. The summed E-state index contributed by atoms with van der Waals surface area (Å²) >= 11 is 1.69. The zero-order valence-electron chi connectivity index (χ0n) is 10.4. The Morgan fingerprint density at radius 2 is 2.00 bits per heavy atom. The van der Waals surface area contributed by atoms with Gasteiger partial charge in [-0.05, 0) is 55.0 Å². The molecule has 1 unspecified atom stereocenters. The van der Waals surface area contributed by atoms with E-state index >= 15 is 0 Å². The van der Waals surface area contributed by atoms with Gasteiger partial charge in [0.2, 0.25) is 0 Å². The molecule has 1 aromatic carbocycles. The first-order chi connectivity index (χ1) is 8.36. The molecule has 0 amide bonds. The topological polar surface area (TPSA) is 20.2 Å². The second-order valence-corrected chi connectivity index (χ2v) is 5.21. The third-order valence-electron chi connectivity index (χ3n) is 2.78. The van der Waals surface area contributed by atoms with Crippen LogP contribution in [0.3, 0.4) is 0 Å². The highest BCUT2D eigenvalue weighted by Crippen LogP contribution is 2.32. The quantitative estimate of drug-likeness (QED) is 0.815. The Hall–Kier alpha value is -0.680. The lowest BCUT2D eigenvalue weighted by molar-refractivity contribution is -0.137. The maximum absolute atomic E-state index is 12.5. The highest BCUT2D eigenvalue weighted by atomic mass is 32.2. The number of thioether (sulfide) groups is 1. The maximum Gasteiger partial charge on any atom is 0.416 e. The van der Waals surface area contributed by atoms with Crippen LogP contribution in [0.2, 0.25) is 0 Å². The van der Waals surface area contributed by atoms with Crippen molar-refractivity contribution in [3.63, 3.8) is 0 Å². The van der Waals surface area contributed by atoms with Crippen LogP contribution >= 0.6 is 11.8 Å². The van der Waals surface area contributed by atoms with Crippen molar-refractivity contribution in [2.24, 2.45) is 0 Å². The van der Waals surface area contributed by atoms with E-state index in [1.165, 1.54) is 6.07 Å². The molecule has 1 nitrogen and oxygen atoms in total. The first-order valence-corrected chi connectivity index (χ1v) is 7.10. The molecule has 0 fully saturated rings. The van der Waals surface area contributed by atoms with Gasteiger partial charge in [-0.1, -0.05) is 6.07 Å². The van der Waals surface area contributed by atoms with Crippen molar-refractivity contribution in [1.82, 2.24) is 0 Å². The van der Waals surface area contributed by atoms with Crippen LogP contribution in [0.5, 0.6) is 0 Å². The summed E-state index contributed by atoms with van der Waals surface area (Å²) in [6, 6.07) is 3.50. The van der Waals surface area contributed by atoms with E-state index in [1.807, 2.05) is 6.26 Å². The van der Waals surface area contributed by atoms with Crippen LogP contribution in [-0.2, 0) is 6.18 Å². The number of benzene rings is 1. The van der Waals surface area contributed by atoms with Crippen LogP contribution in [0.15, 0.2) is 18.2 Å². The van der Waals surface area contributed by atoms with Gasteiger partial charge in [-0.15, -0.1) is 0 Å². The fourth-order valence-corrected chi connectivity index (χ4v) is 2.26. The van der Waals surface area contributed by atoms with Crippen LogP contribution in [0.25, 0.3) is 0 Å². The number of aryl methyl sites for hydroxylation is 1. The maximum atomic E-state index is 12.5. The number of hydrogen-bond donors (Lipinski definition) is 1. The Morgan fingerprint density at radius 1 is 1.33 bits per heavy atom. The van der Waals surface area contributed by atoms with Gasteiger partial charge < -0.3 is 5.11 Å². The highest BCUT2D eigenvalue weighted by Gasteiger charge is 2.30. The van der Waals surface area contributed by atoms with Crippen molar-refractivity contribution in [3.8, 4) is 0 Å². The summed E-state index contributed by atoms with van der Waals surface area (Å²) in [7, 11) is 0. The van der Waals surface area contributed by atoms with Crippen LogP contribution < -0.4 is 0 Å². The Bertz CT molecular complexity index is 390. The van der Waals surface area contributed by atoms with Crippen LogP contribution in [-0.4, -0.2) is 17.1 Å². The minimum atomic E-state index is -4.33. The summed E-state index contributed by atoms with van der Waals surface area (Å²) in [5.74, 6) is 0.941. The largest absolute Gasteiger partial charge is 0.416 e. The fourth-order valence-electron chi connectivity index (χ4n) is 1.80. The van der Waals surface area contributed by atoms with E-state index in [0.29, 0.717) is 17.5 Å². The Labute approximate surface area is 109 Å². The van der Waals surface area contributed by atoms with Gasteiger partial charge in [-0.25, -0.2) is 0 Å². The SMILES string of the molecule is CSCCCC(O)c1ccc(C(F)(F)F)cc1C. The second kappa shape index (κ2) is 6.48. The van der Waals surface area contributed by atoms with E-state index in [0.717, 1.165) is 24.3 Å². The number of aliphatic hydroxyl groups excluding tert-OH is 1. The van der Waals surface area contributed by atoms with Gasteiger partial charge in [0, 0.05) is 0 Å². The predicted octanol–water partition coefficient (Wildman–Crippen LogP) is 4.19. The number of rotatable bonds is 5. The van der Waals surface area contributed by atoms with Crippen molar-refractivity contribution in [2.45, 2.75) is 32.0 Å². The molecule has 0 heterocycles. The third-order valence-corrected chi connectivity index (χ3v) is 3.48. The molecule has 0 saturated carbocycles. The lowest BCUT2D eigenvalue weighted by Gasteiger charge is -2.15. The van der Waals surface area contributed by atoms with E-state index in [-0.39, 0.29) is 0 Å². The minimum absolute atomic E-state index is 0.487. The van der Waals surface area contributed by atoms with E-state index in [2.05, 4.69) is 0 Å². The summed E-state index contributed by atoms with van der Waals surface area (Å²) < 4.78 is 37.5. The molecule has 0 aliphatic heterocycles. The molecule has 1 N–H and O–H groups in total. The van der Waals surface area contributed by atoms with E-state index in [4.69, 9.17) is 0 Å². The first kappa shape index (κ1) is 15.4. The summed E-state index contributed by atoms with van der Waals surface area (Å²) in [6.07, 6.45) is -1.60. The molecule has 102 valence electrons. The lowest BCUT2D eigenvalue weighted by atomic mass is 9.98. The number of aliphatic hydroxyl groups is 1. The first-order valence-electron chi connectivity index (χ1n) is 5.71. The molecule has 0 aliphatic carbocycles. The normalized spacial score (nSPS) is 13.7. The number of halogens is 3. The molecule has 0 aliphatic rings. The molecule has 0 spiro atoms. The average molecular weight is 278 g/mol. The molecular formula is C13H17F3OS. The van der Waals surface area contributed by atoms with Crippen molar-refractivity contribution in [1.29, 1.82) is 0 Å². The van der Waals surface area contributed by atoms with E-state index in [1.54, 1.807) is 18.7 Å². The van der Waals surface area contributed by atoms with E-state index in [9.17, 15) is 18.3 Å². The minimum Gasteiger partial charge on any atom is -0.388 e. The molecule has 1 aromatic rings. The van der Waals surface area contributed by atoms with Crippen LogP contribution in [0.4, 0.5) is 13.2 Å². The van der Waals surface area contributed by atoms with Gasteiger partial charge in [0.05, 0.1) is 11.7 Å². The molecule has 0 aromatic heterocycles. The molecule has 0 saturated heterocycles. The molecule has 1 atom stereocenters. The second-order valence-electron chi connectivity index (χ2n) is 4.22. The van der Waals surface area contributed by atoms with Crippen LogP contribution in [0.1, 0.15) is 35.6 Å². The Kier molecular flexibility index (Phi) is 5.53. The Balaban J connectivity index is 2.79. The molecule has 18 heavy (non-hydrogen) atoms. The van der Waals surface area contributed by atoms with E-state index < -0.39 is 17.8 Å². The molecular weight excluding hydrogens is 261 g/mol. The smallest absolute Gasteiger partial charge is 0.388 e. The van der Waals surface area contributed by atoms with Gasteiger partial charge in [-0.2, -0.15) is 24.9 Å². The van der Waals surface area contributed by atoms with Gasteiger partial charge in [0.25, 0.3) is 0 Å². The van der Waals surface area contributed by atoms with Gasteiger partial charge in [-0.3, -0.25) is 0 Å². The number of hydrogen-bond acceptors (Lipinski definition) is 2. The summed E-state index contributed by atoms with van der Waals surface area (Å²) in [6.45, 7) is 1.60. The summed E-state index contributed by atoms with van der Waals surface area (Å²) in [5, 5.41) is 9.93. The standard InChI is InChI=1S/C13H17F3OS/c1-9-8-10(13(14,15)16)5-6-11(9)12(17)4-3-7-18-2/h5-6,8,12,17H,3-4,7H2,1-2H3. The highest BCUT2D eigenvalue weighted by molar-refractivity contribution is 7.98. The average Bonchev–Trinajstić information content (AvgIpc) is 2.27. The van der Waals surface area contributed by atoms with Gasteiger partial charge >= 0.3 is 6.18 Å². The molecule has 0 bridgehead atoms. The van der Waals surface area contributed by atoms with Crippen molar-refractivity contribution in [3.05, 3.63) is 34.9 Å². The van der Waals surface area contributed by atoms with Crippen molar-refractivity contribution >= 4 is 11.8 Å². The summed E-state index contributed by atoms with van der Waals surface area (Å²) in [4.78, 5) is 0. The van der Waals surface area contributed by atoms with Gasteiger partial charge in [0.1, 0.15) is 0 Å². The molecule has 0 radical (unpaired) electrons. The zero-order chi connectivity index (χ0) is 13.8. The summed E-state index contributed by atoms with van der Waals surface area (Å²) in [5.41, 5.74) is 0.408. The van der Waals surface area contributed by atoms with Gasteiger partial charge in [0.15, 0.2) is 0 Å². The Morgan fingerprint density at radius 3 is 2.50 bits per heavy atom. The monoisotopic (exact) mass is 278 g/mol. The van der Waals surface area contributed by atoms with Crippen molar-refractivity contribution < 1.29 is 18.3 Å². The van der Waals surface area contributed by atoms with Crippen molar-refractivity contribution in [2.75, 3.05) is 12.0 Å². The lowest BCUT2D eigenvalue weighted by Crippen LogP contribution is -2.07. The molecule has 1 rings (SSSR count).